The molecule has 2 saturated carbocycles. The molecule has 1 heterocycles. The Morgan fingerprint density at radius 3 is 1.83 bits per heavy atom. The van der Waals surface area contributed by atoms with Crippen LogP contribution in [0.3, 0.4) is 0 Å². The average molecular weight is 1330 g/mol. The van der Waals surface area contributed by atoms with Gasteiger partial charge in [-0.2, -0.15) is 0 Å². The topological polar surface area (TPSA) is 315 Å². The highest BCUT2D eigenvalue weighted by atomic mass is 16.6. The molecule has 0 radical (unpaired) electrons. The van der Waals surface area contributed by atoms with E-state index in [4.69, 9.17) is 47.4 Å². The molecule has 1 saturated heterocycles. The molecule has 526 valence electrons. The highest BCUT2D eigenvalue weighted by Gasteiger charge is 2.78. The fourth-order valence-corrected chi connectivity index (χ4v) is 13.7. The second-order valence-corrected chi connectivity index (χ2v) is 27.6. The molecule has 2 aromatic rings. The summed E-state index contributed by atoms with van der Waals surface area (Å²) < 4.78 is 58.9. The highest BCUT2D eigenvalue weighted by molar-refractivity contribution is 5.96. The van der Waals surface area contributed by atoms with E-state index in [0.717, 1.165) is 46.5 Å². The van der Waals surface area contributed by atoms with Crippen LogP contribution in [-0.4, -0.2) is 149 Å². The first-order valence-corrected chi connectivity index (χ1v) is 33.6. The van der Waals surface area contributed by atoms with Gasteiger partial charge in [-0.05, 0) is 76.3 Å². The summed E-state index contributed by atoms with van der Waals surface area (Å²) >= 11 is 0. The van der Waals surface area contributed by atoms with Crippen molar-refractivity contribution in [1.82, 2.24) is 5.32 Å². The van der Waals surface area contributed by atoms with Gasteiger partial charge in [0.2, 0.25) is 6.10 Å². The third-order valence-corrected chi connectivity index (χ3v) is 18.9. The van der Waals surface area contributed by atoms with Crippen molar-refractivity contribution < 1.29 is 106 Å². The largest absolute Gasteiger partial charge is 0.462 e. The number of rotatable bonds is 33. The molecule has 1 aliphatic heterocycles. The Hall–Kier alpha value is -7.24. The molecule has 2 unspecified atom stereocenters. The number of hydrogen-bond donors (Lipinski definition) is 3. The summed E-state index contributed by atoms with van der Waals surface area (Å²) in [4.78, 5) is 139. The number of unbranched alkanes of at least 4 members (excludes halogenated alkanes) is 12. The van der Waals surface area contributed by atoms with Crippen LogP contribution in [0.25, 0.3) is 0 Å². The third kappa shape index (κ3) is 19.5. The lowest BCUT2D eigenvalue weighted by Gasteiger charge is -2.67. The van der Waals surface area contributed by atoms with E-state index in [-0.39, 0.29) is 41.5 Å². The van der Waals surface area contributed by atoms with Crippen molar-refractivity contribution in [3.8, 4) is 0 Å². The summed E-state index contributed by atoms with van der Waals surface area (Å²) in [5.74, 6) is -11.0. The minimum atomic E-state index is -2.55. The minimum absolute atomic E-state index is 0.00342. The summed E-state index contributed by atoms with van der Waals surface area (Å²) in [5, 5.41) is 29.1. The molecule has 3 fully saturated rings. The number of aliphatic hydroxyl groups is 2. The fraction of sp³-hybridized carbons (Fsp3) is 0.667. The molecule has 23 nitrogen and oxygen atoms in total. The van der Waals surface area contributed by atoms with E-state index in [1.54, 1.807) is 57.2 Å². The van der Waals surface area contributed by atoms with Crippen molar-refractivity contribution in [2.24, 2.45) is 22.7 Å². The van der Waals surface area contributed by atoms with Crippen molar-refractivity contribution >= 4 is 59.6 Å². The molecular weight excluding hydrogens is 1230 g/mol. The van der Waals surface area contributed by atoms with Gasteiger partial charge in [0.1, 0.15) is 48.8 Å². The van der Waals surface area contributed by atoms with Crippen LogP contribution in [0, 0.1) is 22.7 Å². The minimum Gasteiger partial charge on any atom is -0.462 e. The highest BCUT2D eigenvalue weighted by Crippen LogP contribution is 2.64. The van der Waals surface area contributed by atoms with Gasteiger partial charge in [-0.25, -0.2) is 14.4 Å². The van der Waals surface area contributed by atoms with Crippen LogP contribution < -0.4 is 5.32 Å². The number of alkyl carbamates (subject to hydrolysis) is 1. The molecule has 4 aliphatic rings. The number of aliphatic hydroxyl groups excluding tert-OH is 1. The van der Waals surface area contributed by atoms with E-state index in [0.29, 0.717) is 6.42 Å². The maximum absolute atomic E-state index is 15.9. The molecular formula is C72H101NO22. The normalized spacial score (nSPS) is 25.5. The second-order valence-electron chi connectivity index (χ2n) is 27.6. The van der Waals surface area contributed by atoms with Gasteiger partial charge in [0.25, 0.3) is 0 Å². The predicted molar refractivity (Wildman–Crippen MR) is 343 cm³/mol. The number of amides is 1. The standard InChI is InChI=1S/C72H101NO22/c1-13-14-15-16-17-18-19-20-21-22-23-24-31-36-55(78)87-42-51(41-86-46(4)74)90-64(81)44(2)37-38-56(79)92-60(58(49-32-27-25-28-33-49)73-67(84)95-68(7,8)9)66(83)91-52-40-72(85)63(93-65(82)50-34-29-26-30-35-50)61-70(12,53(77)39-54-71(61,43-88-54)94-48(6)76)62(80)59(89-47(5)75)57(45(52)3)69(72,10)11/h25-30,32-35,44,51-54,58-61,63,77,85H,13-24,31,36-43H2,1-12H3,(H,73,84)/t44?,51?,52-,53-,54+,58-,59+,60+,61-,63-,70+,71-,72+/m0/s1. The van der Waals surface area contributed by atoms with E-state index in [2.05, 4.69) is 12.2 Å². The zero-order valence-corrected chi connectivity index (χ0v) is 57.5. The molecule has 2 bridgehead atoms. The molecule has 13 atom stereocenters. The Kier molecular flexibility index (Phi) is 27.6. The zero-order valence-electron chi connectivity index (χ0n) is 57.5. The number of carbonyl (C=O) groups is 10. The lowest BCUT2D eigenvalue weighted by molar-refractivity contribution is -0.346. The van der Waals surface area contributed by atoms with Gasteiger partial charge in [0.15, 0.2) is 23.6 Å². The third-order valence-electron chi connectivity index (χ3n) is 18.9. The number of fused-ring (bicyclic) bond motifs is 5. The monoisotopic (exact) mass is 1330 g/mol. The van der Waals surface area contributed by atoms with Crippen molar-refractivity contribution in [2.45, 2.75) is 264 Å². The molecule has 3 aliphatic carbocycles. The molecule has 0 aromatic heterocycles. The Balaban J connectivity index is 1.29. The van der Waals surface area contributed by atoms with Crippen LogP contribution in [0.4, 0.5) is 4.79 Å². The first-order chi connectivity index (χ1) is 44.8. The number of hydrogen-bond acceptors (Lipinski definition) is 22. The Morgan fingerprint density at radius 2 is 1.28 bits per heavy atom. The van der Waals surface area contributed by atoms with Crippen molar-refractivity contribution in [3.63, 3.8) is 0 Å². The average Bonchev–Trinajstić information content (AvgIpc) is 0.670. The lowest BCUT2D eigenvalue weighted by Crippen LogP contribution is -2.82. The summed E-state index contributed by atoms with van der Waals surface area (Å²) in [6.07, 6.45) is 0.377. The quantitative estimate of drug-likeness (QED) is 0.0259. The van der Waals surface area contributed by atoms with E-state index in [9.17, 15) is 48.6 Å². The number of nitrogens with one attached hydrogen (secondary N) is 1. The number of Topliss-reactive ketones (excluding diaryl/α,β-unsaturated/α-hetero) is 1. The van der Waals surface area contributed by atoms with Crippen LogP contribution in [0.5, 0.6) is 0 Å². The maximum atomic E-state index is 15.9. The maximum Gasteiger partial charge on any atom is 0.408 e. The van der Waals surface area contributed by atoms with Gasteiger partial charge in [0, 0.05) is 51.9 Å². The fourth-order valence-electron chi connectivity index (χ4n) is 13.7. The van der Waals surface area contributed by atoms with Gasteiger partial charge >= 0.3 is 53.8 Å². The SMILES string of the molecule is CCCCCCCCCCCCCCCC(=O)OCC(COC(C)=O)OC(=O)C(C)CCC(=O)O[C@@H](C(=O)O[C@H]1C[C@@]2(O)[C@@H](OC(=O)c3ccccc3)[C@@H]3[C@]4(OC(C)=O)CO[C@@H]4C[C@H](O)[C@@]3(C)C(=O)[C@H](OC(C)=O)C(=C1C)C2(C)C)[C@@H](NC(=O)OC(C)(C)C)c1ccccc1. The van der Waals surface area contributed by atoms with E-state index in [1.165, 1.54) is 110 Å². The first kappa shape index (κ1) is 76.8. The van der Waals surface area contributed by atoms with E-state index in [1.807, 2.05) is 0 Å². The van der Waals surface area contributed by atoms with Crippen LogP contribution >= 0.6 is 0 Å². The van der Waals surface area contributed by atoms with Gasteiger partial charge in [-0.15, -0.1) is 0 Å². The van der Waals surface area contributed by atoms with Crippen LogP contribution in [0.2, 0.25) is 0 Å². The molecule has 23 heteroatoms. The number of esters is 8. The molecule has 0 spiro atoms. The Morgan fingerprint density at radius 1 is 0.705 bits per heavy atom. The van der Waals surface area contributed by atoms with Gasteiger partial charge < -0.3 is 62.9 Å². The van der Waals surface area contributed by atoms with Gasteiger partial charge in [-0.3, -0.25) is 33.6 Å². The summed E-state index contributed by atoms with van der Waals surface area (Å²) in [6.45, 7) is 16.4. The Labute approximate surface area is 558 Å². The van der Waals surface area contributed by atoms with Gasteiger partial charge in [0.05, 0.1) is 35.5 Å². The molecule has 95 heavy (non-hydrogen) atoms. The first-order valence-electron chi connectivity index (χ1n) is 33.6. The number of ether oxygens (including phenoxy) is 10. The second kappa shape index (κ2) is 34.1. The predicted octanol–water partition coefficient (Wildman–Crippen LogP) is 10.3. The summed E-state index contributed by atoms with van der Waals surface area (Å²) in [6, 6.07) is 14.0. The molecule has 2 aromatic carbocycles. The number of carbonyl (C=O) groups excluding carboxylic acids is 10. The van der Waals surface area contributed by atoms with Crippen molar-refractivity contribution in [3.05, 3.63) is 82.9 Å². The summed E-state index contributed by atoms with van der Waals surface area (Å²) in [7, 11) is 0. The number of ketones is 1. The van der Waals surface area contributed by atoms with Crippen LogP contribution in [0.1, 0.15) is 221 Å². The van der Waals surface area contributed by atoms with Crippen LogP contribution in [-0.2, 0) is 85.7 Å². The molecule has 1 amide bonds. The van der Waals surface area contributed by atoms with Gasteiger partial charge in [-0.1, -0.05) is 153 Å². The Bertz CT molecular complexity index is 3030. The van der Waals surface area contributed by atoms with E-state index >= 15 is 9.59 Å². The molecule has 6 rings (SSSR count). The van der Waals surface area contributed by atoms with Crippen LogP contribution in [0.15, 0.2) is 71.8 Å². The molecule has 3 N–H and O–H groups in total. The smallest absolute Gasteiger partial charge is 0.408 e. The van der Waals surface area contributed by atoms with Crippen molar-refractivity contribution in [1.29, 1.82) is 0 Å². The zero-order chi connectivity index (χ0) is 70.1. The number of benzene rings is 2. The van der Waals surface area contributed by atoms with Crippen molar-refractivity contribution in [2.75, 3.05) is 19.8 Å². The van der Waals surface area contributed by atoms with E-state index < -0.39 is 181 Å². The summed E-state index contributed by atoms with van der Waals surface area (Å²) in [5.41, 5.74) is -9.34. The lowest BCUT2D eigenvalue weighted by atomic mass is 9.44.